The van der Waals surface area contributed by atoms with Crippen molar-refractivity contribution in [3.63, 3.8) is 0 Å². The van der Waals surface area contributed by atoms with Gasteiger partial charge in [-0.1, -0.05) is 30.7 Å². The van der Waals surface area contributed by atoms with Crippen molar-refractivity contribution in [1.29, 1.82) is 0 Å². The molecule has 7 heteroatoms. The van der Waals surface area contributed by atoms with E-state index in [1.807, 2.05) is 13.0 Å². The number of aromatic hydroxyl groups is 1. The average molecular weight is 418 g/mol. The van der Waals surface area contributed by atoms with Crippen molar-refractivity contribution in [1.82, 2.24) is 4.90 Å². The van der Waals surface area contributed by atoms with E-state index in [2.05, 4.69) is 11.8 Å². The first-order chi connectivity index (χ1) is 13.9. The number of aryl methyl sites for hydroxylation is 2. The SMILES string of the molecule is CCCN1C(OS(=O)(=O)c2ccc(C)cc2)CO[C@H]2c3cc(O)ccc3CC[C@@H]21. The molecule has 1 N–H and O–H groups in total. The number of morpholine rings is 1. The molecule has 29 heavy (non-hydrogen) atoms. The molecule has 1 aliphatic carbocycles. The van der Waals surface area contributed by atoms with Crippen molar-refractivity contribution in [2.24, 2.45) is 0 Å². The predicted molar refractivity (Wildman–Crippen MR) is 109 cm³/mol. The molecule has 1 fully saturated rings. The van der Waals surface area contributed by atoms with Crippen LogP contribution in [0.5, 0.6) is 5.75 Å². The van der Waals surface area contributed by atoms with E-state index in [1.54, 1.807) is 36.4 Å². The molecule has 1 aliphatic heterocycles. The van der Waals surface area contributed by atoms with Gasteiger partial charge in [-0.15, -0.1) is 0 Å². The summed E-state index contributed by atoms with van der Waals surface area (Å²) in [6.45, 7) is 4.85. The number of hydrogen-bond donors (Lipinski definition) is 1. The minimum atomic E-state index is -3.89. The van der Waals surface area contributed by atoms with Gasteiger partial charge in [0.25, 0.3) is 10.1 Å². The monoisotopic (exact) mass is 417 g/mol. The van der Waals surface area contributed by atoms with Crippen LogP contribution < -0.4 is 0 Å². The van der Waals surface area contributed by atoms with Crippen LogP contribution in [0.25, 0.3) is 0 Å². The zero-order valence-electron chi connectivity index (χ0n) is 16.7. The summed E-state index contributed by atoms with van der Waals surface area (Å²) in [5.74, 6) is 0.218. The Labute approximate surface area is 172 Å². The average Bonchev–Trinajstić information content (AvgIpc) is 2.69. The highest BCUT2D eigenvalue weighted by Crippen LogP contribution is 2.41. The Morgan fingerprint density at radius 1 is 1.21 bits per heavy atom. The molecular weight excluding hydrogens is 390 g/mol. The summed E-state index contributed by atoms with van der Waals surface area (Å²) < 4.78 is 37.4. The minimum absolute atomic E-state index is 0.0104. The summed E-state index contributed by atoms with van der Waals surface area (Å²) in [4.78, 5) is 2.27. The smallest absolute Gasteiger partial charge is 0.298 e. The molecule has 0 bridgehead atoms. The van der Waals surface area contributed by atoms with Crippen molar-refractivity contribution in [2.45, 2.75) is 56.4 Å². The van der Waals surface area contributed by atoms with Crippen molar-refractivity contribution < 1.29 is 22.4 Å². The topological polar surface area (TPSA) is 76.1 Å². The van der Waals surface area contributed by atoms with Gasteiger partial charge < -0.3 is 9.84 Å². The van der Waals surface area contributed by atoms with Gasteiger partial charge in [0.2, 0.25) is 0 Å². The Balaban J connectivity index is 1.59. The van der Waals surface area contributed by atoms with Crippen LogP contribution in [0.3, 0.4) is 0 Å². The van der Waals surface area contributed by atoms with Crippen LogP contribution in [-0.4, -0.2) is 43.8 Å². The van der Waals surface area contributed by atoms with E-state index in [9.17, 15) is 13.5 Å². The number of nitrogens with zero attached hydrogens (tertiary/aromatic N) is 1. The lowest BCUT2D eigenvalue weighted by molar-refractivity contribution is -0.166. The van der Waals surface area contributed by atoms with Crippen LogP contribution >= 0.6 is 0 Å². The number of fused-ring (bicyclic) bond motifs is 3. The zero-order chi connectivity index (χ0) is 20.6. The van der Waals surface area contributed by atoms with Gasteiger partial charge in [-0.3, -0.25) is 4.90 Å². The highest BCUT2D eigenvalue weighted by atomic mass is 32.2. The van der Waals surface area contributed by atoms with Crippen LogP contribution in [0.15, 0.2) is 47.4 Å². The molecule has 0 amide bonds. The van der Waals surface area contributed by atoms with E-state index >= 15 is 0 Å². The van der Waals surface area contributed by atoms with Gasteiger partial charge in [-0.25, -0.2) is 4.18 Å². The third kappa shape index (κ3) is 4.05. The Hall–Kier alpha value is -1.93. The second kappa shape index (κ2) is 8.07. The fourth-order valence-corrected chi connectivity index (χ4v) is 5.37. The molecule has 0 saturated carbocycles. The molecule has 2 aliphatic rings. The van der Waals surface area contributed by atoms with E-state index in [4.69, 9.17) is 8.92 Å². The fraction of sp³-hybridized carbons (Fsp3) is 0.455. The number of rotatable bonds is 5. The Morgan fingerprint density at radius 2 is 1.97 bits per heavy atom. The molecule has 1 unspecified atom stereocenters. The van der Waals surface area contributed by atoms with Crippen LogP contribution in [0.1, 0.15) is 42.6 Å². The predicted octanol–water partition coefficient (Wildman–Crippen LogP) is 3.53. The third-order valence-electron chi connectivity index (χ3n) is 5.74. The number of phenolic OH excluding ortho intramolecular Hbond substituents is 1. The number of hydrogen-bond acceptors (Lipinski definition) is 6. The normalized spacial score (nSPS) is 24.7. The van der Waals surface area contributed by atoms with E-state index in [0.29, 0.717) is 6.54 Å². The van der Waals surface area contributed by atoms with Crippen LogP contribution in [-0.2, 0) is 25.5 Å². The highest BCUT2D eigenvalue weighted by Gasteiger charge is 2.43. The molecule has 156 valence electrons. The maximum Gasteiger partial charge on any atom is 0.298 e. The van der Waals surface area contributed by atoms with Crippen molar-refractivity contribution in [3.8, 4) is 5.75 Å². The Kier molecular flexibility index (Phi) is 5.66. The van der Waals surface area contributed by atoms with Crippen LogP contribution in [0.4, 0.5) is 0 Å². The quantitative estimate of drug-likeness (QED) is 0.750. The van der Waals surface area contributed by atoms with E-state index in [0.717, 1.165) is 30.4 Å². The van der Waals surface area contributed by atoms with E-state index in [1.165, 1.54) is 5.56 Å². The van der Waals surface area contributed by atoms with Gasteiger partial charge in [0.05, 0.1) is 17.6 Å². The van der Waals surface area contributed by atoms with Crippen molar-refractivity contribution >= 4 is 10.1 Å². The second-order valence-corrected chi connectivity index (χ2v) is 9.37. The van der Waals surface area contributed by atoms with Crippen LogP contribution in [0.2, 0.25) is 0 Å². The van der Waals surface area contributed by atoms with Gasteiger partial charge in [0.1, 0.15) is 5.75 Å². The first-order valence-corrected chi connectivity index (χ1v) is 11.5. The summed E-state index contributed by atoms with van der Waals surface area (Å²) >= 11 is 0. The summed E-state index contributed by atoms with van der Waals surface area (Å²) in [5.41, 5.74) is 3.15. The molecule has 2 aromatic rings. The number of phenols is 1. The maximum absolute atomic E-state index is 12.8. The Morgan fingerprint density at radius 3 is 2.69 bits per heavy atom. The summed E-state index contributed by atoms with van der Waals surface area (Å²) in [6, 6.07) is 12.1. The molecule has 3 atom stereocenters. The lowest BCUT2D eigenvalue weighted by Crippen LogP contribution is -2.56. The summed E-state index contributed by atoms with van der Waals surface area (Å²) in [5, 5.41) is 9.92. The maximum atomic E-state index is 12.8. The first-order valence-electron chi connectivity index (χ1n) is 10.1. The van der Waals surface area contributed by atoms with Crippen molar-refractivity contribution in [2.75, 3.05) is 13.2 Å². The molecule has 2 aromatic carbocycles. The fourth-order valence-electron chi connectivity index (χ4n) is 4.33. The molecular formula is C22H27NO5S. The summed E-state index contributed by atoms with van der Waals surface area (Å²) in [7, 11) is -3.89. The third-order valence-corrected chi connectivity index (χ3v) is 7.06. The van der Waals surface area contributed by atoms with E-state index < -0.39 is 16.3 Å². The lowest BCUT2D eigenvalue weighted by Gasteiger charge is -2.47. The van der Waals surface area contributed by atoms with Gasteiger partial charge in [-0.05, 0) is 61.6 Å². The minimum Gasteiger partial charge on any atom is -0.508 e. The highest BCUT2D eigenvalue weighted by molar-refractivity contribution is 7.86. The molecule has 1 heterocycles. The van der Waals surface area contributed by atoms with Gasteiger partial charge in [0.15, 0.2) is 6.23 Å². The first kappa shape index (κ1) is 20.3. The second-order valence-electron chi connectivity index (χ2n) is 7.80. The largest absolute Gasteiger partial charge is 0.508 e. The molecule has 0 radical (unpaired) electrons. The van der Waals surface area contributed by atoms with Crippen LogP contribution in [0, 0.1) is 6.92 Å². The van der Waals surface area contributed by atoms with Gasteiger partial charge in [-0.2, -0.15) is 8.42 Å². The molecule has 0 aromatic heterocycles. The zero-order valence-corrected chi connectivity index (χ0v) is 17.6. The standard InChI is InChI=1S/C22H27NO5S/c1-3-12-23-20-11-7-16-6-8-17(24)13-19(16)22(20)27-14-21(23)28-29(25,26)18-9-4-15(2)5-10-18/h4-6,8-10,13,20-22,24H,3,7,11-12,14H2,1-2H3/t20-,21?,22-/m0/s1. The Bertz CT molecular complexity index is 973. The van der Waals surface area contributed by atoms with Crippen molar-refractivity contribution in [3.05, 3.63) is 59.2 Å². The number of ether oxygens (including phenoxy) is 1. The molecule has 6 nitrogen and oxygen atoms in total. The van der Waals surface area contributed by atoms with Gasteiger partial charge in [0, 0.05) is 12.6 Å². The van der Waals surface area contributed by atoms with E-state index in [-0.39, 0.29) is 29.4 Å². The lowest BCUT2D eigenvalue weighted by atomic mass is 9.83. The molecule has 0 spiro atoms. The van der Waals surface area contributed by atoms with Gasteiger partial charge >= 0.3 is 0 Å². The summed E-state index contributed by atoms with van der Waals surface area (Å²) in [6.07, 6.45) is 1.73. The molecule has 4 rings (SSSR count). The molecule has 1 saturated heterocycles. The number of benzene rings is 2.